The van der Waals surface area contributed by atoms with E-state index in [1.54, 1.807) is 6.07 Å². The number of hydrogen-bond acceptors (Lipinski definition) is 3. The number of aliphatic hydroxyl groups is 1. The Bertz CT molecular complexity index is 438. The highest BCUT2D eigenvalue weighted by Crippen LogP contribution is 2.31. The van der Waals surface area contributed by atoms with Gasteiger partial charge < -0.3 is 15.3 Å². The number of nitrogens with one attached hydrogen (secondary N) is 1. The number of aliphatic hydroxyl groups excluding tert-OH is 1. The first-order chi connectivity index (χ1) is 9.67. The van der Waals surface area contributed by atoms with Crippen molar-refractivity contribution in [1.82, 2.24) is 5.32 Å². The molecule has 0 radical (unpaired) electrons. The van der Waals surface area contributed by atoms with Gasteiger partial charge >= 0.3 is 0 Å². The van der Waals surface area contributed by atoms with E-state index in [0.717, 1.165) is 37.1 Å². The Morgan fingerprint density at radius 1 is 1.40 bits per heavy atom. The summed E-state index contributed by atoms with van der Waals surface area (Å²) >= 11 is 0. The van der Waals surface area contributed by atoms with Gasteiger partial charge in [0.1, 0.15) is 5.82 Å². The van der Waals surface area contributed by atoms with E-state index in [-0.39, 0.29) is 24.5 Å². The van der Waals surface area contributed by atoms with Gasteiger partial charge in [0.05, 0.1) is 12.6 Å². The van der Waals surface area contributed by atoms with Crippen LogP contribution in [0, 0.1) is 5.82 Å². The second-order valence-corrected chi connectivity index (χ2v) is 5.59. The van der Waals surface area contributed by atoms with Crippen LogP contribution in [0.3, 0.4) is 0 Å². The van der Waals surface area contributed by atoms with Gasteiger partial charge in [-0.05, 0) is 50.6 Å². The molecule has 1 aliphatic heterocycles. The third kappa shape index (κ3) is 3.30. The Morgan fingerprint density at radius 3 is 2.90 bits per heavy atom. The van der Waals surface area contributed by atoms with E-state index in [1.165, 1.54) is 12.5 Å². The number of anilines is 1. The van der Waals surface area contributed by atoms with Crippen LogP contribution in [0.15, 0.2) is 18.2 Å². The number of halogens is 1. The average molecular weight is 280 g/mol. The fourth-order valence-electron chi connectivity index (χ4n) is 2.97. The molecule has 1 fully saturated rings. The lowest BCUT2D eigenvalue weighted by atomic mass is 10.0. The zero-order chi connectivity index (χ0) is 14.5. The van der Waals surface area contributed by atoms with Crippen molar-refractivity contribution in [3.8, 4) is 0 Å². The number of nitrogens with zero attached hydrogens (tertiary/aromatic N) is 1. The molecule has 1 aliphatic rings. The fourth-order valence-corrected chi connectivity index (χ4v) is 2.97. The predicted octanol–water partition coefficient (Wildman–Crippen LogP) is 2.85. The van der Waals surface area contributed by atoms with Gasteiger partial charge in [-0.1, -0.05) is 12.8 Å². The van der Waals surface area contributed by atoms with Crippen molar-refractivity contribution in [3.05, 3.63) is 29.6 Å². The summed E-state index contributed by atoms with van der Waals surface area (Å²) in [4.78, 5) is 2.26. The molecule has 2 N–H and O–H groups in total. The minimum absolute atomic E-state index is 0.0864. The highest BCUT2D eigenvalue weighted by Gasteiger charge is 2.24. The average Bonchev–Trinajstić information content (AvgIpc) is 2.71. The molecule has 0 bridgehead atoms. The Kier molecular flexibility index (Phi) is 5.38. The van der Waals surface area contributed by atoms with Crippen LogP contribution < -0.4 is 10.2 Å². The molecule has 0 spiro atoms. The fraction of sp³-hybridized carbons (Fsp3) is 0.625. The molecule has 112 valence electrons. The molecule has 2 unspecified atom stereocenters. The number of benzene rings is 1. The lowest BCUT2D eigenvalue weighted by molar-refractivity contribution is 0.255. The molecule has 2 atom stereocenters. The molecule has 3 nitrogen and oxygen atoms in total. The molecule has 2 rings (SSSR count). The summed E-state index contributed by atoms with van der Waals surface area (Å²) < 4.78 is 13.6. The number of rotatable bonds is 4. The molecule has 0 saturated carbocycles. The Balaban J connectivity index is 2.38. The zero-order valence-electron chi connectivity index (χ0n) is 12.4. The quantitative estimate of drug-likeness (QED) is 0.890. The lowest BCUT2D eigenvalue weighted by Crippen LogP contribution is -2.38. The van der Waals surface area contributed by atoms with Crippen LogP contribution in [-0.4, -0.2) is 31.3 Å². The summed E-state index contributed by atoms with van der Waals surface area (Å²) in [5.74, 6) is -0.207. The van der Waals surface area contributed by atoms with Crippen LogP contribution in [0.2, 0.25) is 0 Å². The van der Waals surface area contributed by atoms with Crippen LogP contribution in [0.25, 0.3) is 0 Å². The molecule has 1 saturated heterocycles. The molecule has 0 amide bonds. The van der Waals surface area contributed by atoms with Gasteiger partial charge in [0, 0.05) is 18.3 Å². The van der Waals surface area contributed by atoms with Gasteiger partial charge in [0.25, 0.3) is 0 Å². The normalized spacial score (nSPS) is 21.6. The third-order valence-corrected chi connectivity index (χ3v) is 4.29. The highest BCUT2D eigenvalue weighted by molar-refractivity contribution is 5.56. The van der Waals surface area contributed by atoms with Crippen molar-refractivity contribution < 1.29 is 9.50 Å². The predicted molar refractivity (Wildman–Crippen MR) is 80.6 cm³/mol. The monoisotopic (exact) mass is 280 g/mol. The van der Waals surface area contributed by atoms with Crippen molar-refractivity contribution >= 4 is 5.69 Å². The topological polar surface area (TPSA) is 35.5 Å². The molecule has 0 aliphatic carbocycles. The smallest absolute Gasteiger partial charge is 0.123 e. The van der Waals surface area contributed by atoms with Crippen molar-refractivity contribution in [2.45, 2.75) is 44.7 Å². The maximum Gasteiger partial charge on any atom is 0.123 e. The van der Waals surface area contributed by atoms with Gasteiger partial charge in [0.2, 0.25) is 0 Å². The van der Waals surface area contributed by atoms with Crippen molar-refractivity contribution in [2.24, 2.45) is 0 Å². The van der Waals surface area contributed by atoms with Gasteiger partial charge in [-0.15, -0.1) is 0 Å². The maximum atomic E-state index is 13.6. The first-order valence-corrected chi connectivity index (χ1v) is 7.51. The summed E-state index contributed by atoms with van der Waals surface area (Å²) in [7, 11) is 1.88. The third-order valence-electron chi connectivity index (χ3n) is 4.29. The Morgan fingerprint density at radius 2 is 2.20 bits per heavy atom. The Hall–Kier alpha value is -1.13. The molecule has 20 heavy (non-hydrogen) atoms. The second kappa shape index (κ2) is 7.04. The van der Waals surface area contributed by atoms with Crippen LogP contribution in [-0.2, 0) is 0 Å². The standard InChI is InChI=1S/C16H25FN2O/c1-12(18-2)15-10-13(17)7-8-16(15)19-9-5-3-4-6-14(19)11-20/h7-8,10,12,14,18,20H,3-6,9,11H2,1-2H3. The minimum Gasteiger partial charge on any atom is -0.394 e. The van der Waals surface area contributed by atoms with E-state index in [9.17, 15) is 9.50 Å². The van der Waals surface area contributed by atoms with E-state index < -0.39 is 0 Å². The molecule has 0 aromatic heterocycles. The van der Waals surface area contributed by atoms with E-state index in [2.05, 4.69) is 10.2 Å². The largest absolute Gasteiger partial charge is 0.394 e. The summed E-state index contributed by atoms with van der Waals surface area (Å²) in [6, 6.07) is 5.21. The van der Waals surface area contributed by atoms with E-state index in [1.807, 2.05) is 20.0 Å². The maximum absolute atomic E-state index is 13.6. The van der Waals surface area contributed by atoms with Crippen LogP contribution in [0.5, 0.6) is 0 Å². The van der Waals surface area contributed by atoms with Crippen molar-refractivity contribution in [3.63, 3.8) is 0 Å². The molecule has 1 aromatic carbocycles. The highest BCUT2D eigenvalue weighted by atomic mass is 19.1. The van der Waals surface area contributed by atoms with Crippen LogP contribution >= 0.6 is 0 Å². The number of hydrogen-bond donors (Lipinski definition) is 2. The van der Waals surface area contributed by atoms with Crippen molar-refractivity contribution in [1.29, 1.82) is 0 Å². The Labute approximate surface area is 120 Å². The molecule has 4 heteroatoms. The first-order valence-electron chi connectivity index (χ1n) is 7.51. The van der Waals surface area contributed by atoms with Gasteiger partial charge in [0.15, 0.2) is 0 Å². The minimum atomic E-state index is -0.207. The van der Waals surface area contributed by atoms with E-state index >= 15 is 0 Å². The summed E-state index contributed by atoms with van der Waals surface area (Å²) in [5.41, 5.74) is 2.02. The molecule has 1 aromatic rings. The van der Waals surface area contributed by atoms with Crippen molar-refractivity contribution in [2.75, 3.05) is 25.1 Å². The lowest BCUT2D eigenvalue weighted by Gasteiger charge is -2.33. The second-order valence-electron chi connectivity index (χ2n) is 5.59. The molecular formula is C16H25FN2O. The summed E-state index contributed by atoms with van der Waals surface area (Å²) in [6.45, 7) is 3.12. The molecular weight excluding hydrogens is 255 g/mol. The summed E-state index contributed by atoms with van der Waals surface area (Å²) in [5, 5.41) is 12.8. The van der Waals surface area contributed by atoms with Gasteiger partial charge in [-0.2, -0.15) is 0 Å². The van der Waals surface area contributed by atoms with Gasteiger partial charge in [-0.25, -0.2) is 4.39 Å². The summed E-state index contributed by atoms with van der Waals surface area (Å²) in [6.07, 6.45) is 4.48. The van der Waals surface area contributed by atoms with E-state index in [0.29, 0.717) is 0 Å². The van der Waals surface area contributed by atoms with Gasteiger partial charge in [-0.3, -0.25) is 0 Å². The first kappa shape index (κ1) is 15.3. The zero-order valence-corrected chi connectivity index (χ0v) is 12.4. The van der Waals surface area contributed by atoms with Crippen LogP contribution in [0.4, 0.5) is 10.1 Å². The van der Waals surface area contributed by atoms with E-state index in [4.69, 9.17) is 0 Å². The van der Waals surface area contributed by atoms with Crippen LogP contribution in [0.1, 0.15) is 44.2 Å². The SMILES string of the molecule is CNC(C)c1cc(F)ccc1N1CCCCCC1CO. The molecule has 1 heterocycles.